The maximum Gasteiger partial charge on any atom is 0.0104 e. The zero-order valence-electron chi connectivity index (χ0n) is 3.00. The van der Waals surface area contributed by atoms with Crippen molar-refractivity contribution in [3.63, 3.8) is 0 Å². The summed E-state index contributed by atoms with van der Waals surface area (Å²) in [5.74, 6) is 0. The Balaban J connectivity index is 2.99. The van der Waals surface area contributed by atoms with Crippen molar-refractivity contribution in [3.8, 4) is 0 Å². The van der Waals surface area contributed by atoms with Crippen LogP contribution in [-0.4, -0.2) is 0 Å². The number of rotatable bonds is 1. The number of halogens is 1. The highest BCUT2D eigenvalue weighted by Gasteiger charge is 1.97. The molecule has 0 amide bonds. The quantitative estimate of drug-likeness (QED) is 0.511. The molecule has 38 valence electrons. The average Bonchev–Trinajstić information content (AvgIpc) is 1.36. The van der Waals surface area contributed by atoms with Crippen molar-refractivity contribution < 1.29 is 0 Å². The Morgan fingerprint density at radius 3 is 1.33 bits per heavy atom. The first kappa shape index (κ1) is 8.88. The van der Waals surface area contributed by atoms with Gasteiger partial charge in [-0.2, -0.15) is 0 Å². The summed E-state index contributed by atoms with van der Waals surface area (Å²) in [5.41, 5.74) is 0. The molecule has 0 rings (SSSR count). The molecule has 0 N–H and O–H groups in total. The predicted octanol–water partition coefficient (Wildman–Crippen LogP) is 3.59. The molecule has 0 saturated carbocycles. The molecule has 0 nitrogen and oxygen atoms in total. The lowest BCUT2D eigenvalue weighted by atomic mass is 29.1. The van der Waals surface area contributed by atoms with E-state index in [9.17, 15) is 0 Å². The van der Waals surface area contributed by atoms with Crippen molar-refractivity contribution in [1.82, 2.24) is 0 Å². The summed E-state index contributed by atoms with van der Waals surface area (Å²) in [4.78, 5) is 0.218. The smallest absolute Gasteiger partial charge is 0.0104 e. The highest BCUT2D eigenvalue weighted by molar-refractivity contribution is 14.2. The molecule has 4 atom stereocenters. The van der Waals surface area contributed by atoms with Crippen LogP contribution in [0.5, 0.6) is 0 Å². The topological polar surface area (TPSA) is 0 Å². The minimum atomic E-state index is 0.188. The van der Waals surface area contributed by atoms with Gasteiger partial charge in [0.25, 0.3) is 0 Å². The van der Waals surface area contributed by atoms with Gasteiger partial charge in [0.15, 0.2) is 0 Å². The van der Waals surface area contributed by atoms with Crippen LogP contribution >= 0.6 is 60.8 Å². The van der Waals surface area contributed by atoms with Gasteiger partial charge in [-0.25, -0.2) is 0 Å². The van der Waals surface area contributed by atoms with Gasteiger partial charge in [-0.15, -0.1) is 17.9 Å². The van der Waals surface area contributed by atoms with Crippen LogP contribution in [-0.2, 0) is 0 Å². The van der Waals surface area contributed by atoms with Crippen LogP contribution in [0, 0.1) is 0 Å². The molecule has 0 bridgehead atoms. The van der Waals surface area contributed by atoms with E-state index in [0.29, 0.717) is 0 Å². The first-order chi connectivity index (χ1) is 2.64. The van der Waals surface area contributed by atoms with E-state index in [1.807, 2.05) is 0 Å². The van der Waals surface area contributed by atoms with Crippen molar-refractivity contribution in [2.24, 2.45) is 0 Å². The molecule has 0 heterocycles. The number of hydrogen-bond donors (Lipinski definition) is 0. The van der Waals surface area contributed by atoms with Gasteiger partial charge < -0.3 is 0 Å². The van der Waals surface area contributed by atoms with E-state index in [0.717, 1.165) is 0 Å². The Kier molecular flexibility index (Phi) is 7.00. The van der Waals surface area contributed by atoms with Gasteiger partial charge >= 0.3 is 0 Å². The largest absolute Gasteiger partial charge is 0.102 e. The molecule has 0 fully saturated rings. The third kappa shape index (κ3) is 5.03. The van der Waals surface area contributed by atoms with Crippen LogP contribution in [0.15, 0.2) is 0 Å². The van der Waals surface area contributed by atoms with Gasteiger partial charge in [0, 0.05) is 4.94 Å². The standard InChI is InChI=1S/H6IP5/c1-5(2)6(3)4/h2-4H2. The van der Waals surface area contributed by atoms with Gasteiger partial charge in [0.2, 0.25) is 0 Å². The van der Waals surface area contributed by atoms with Crippen molar-refractivity contribution in [1.29, 1.82) is 0 Å². The fraction of sp³-hybridized carbons (Fsp3) is 0. The highest BCUT2D eigenvalue weighted by Crippen LogP contribution is 2.87. The summed E-state index contributed by atoms with van der Waals surface area (Å²) >= 11 is 2.45. The minimum Gasteiger partial charge on any atom is -0.102 e. The Morgan fingerprint density at radius 2 is 1.33 bits per heavy atom. The SMILES string of the molecule is PP(P)P(P)I. The van der Waals surface area contributed by atoms with Gasteiger partial charge in [-0.3, -0.25) is 0 Å². The zero-order chi connectivity index (χ0) is 5.15. The second-order valence-electron chi connectivity index (χ2n) is 0.669. The third-order valence-electron chi connectivity index (χ3n) is 0.221. The van der Waals surface area contributed by atoms with Crippen LogP contribution in [0.4, 0.5) is 0 Å². The Morgan fingerprint density at radius 1 is 1.17 bits per heavy atom. The van der Waals surface area contributed by atoms with E-state index in [2.05, 4.69) is 48.8 Å². The molecular formula is H6IP5. The van der Waals surface area contributed by atoms with E-state index in [4.69, 9.17) is 0 Å². The zero-order valence-corrected chi connectivity index (χ0v) is 10.4. The van der Waals surface area contributed by atoms with Crippen molar-refractivity contribution in [3.05, 3.63) is 0 Å². The Labute approximate surface area is 60.6 Å². The molecule has 0 radical (unpaired) electrons. The van der Waals surface area contributed by atoms with Crippen LogP contribution < -0.4 is 0 Å². The van der Waals surface area contributed by atoms with Crippen LogP contribution in [0.2, 0.25) is 0 Å². The Bertz CT molecular complexity index is 24.9. The summed E-state index contributed by atoms with van der Waals surface area (Å²) in [6, 6.07) is 0. The van der Waals surface area contributed by atoms with Crippen LogP contribution in [0.3, 0.4) is 0 Å². The molecule has 0 aromatic rings. The third-order valence-corrected chi connectivity index (χ3v) is 26.6. The highest BCUT2D eigenvalue weighted by atomic mass is 127. The van der Waals surface area contributed by atoms with E-state index in [1.165, 1.54) is 0 Å². The monoisotopic (exact) mass is 288 g/mol. The normalized spacial score (nSPS) is 15.5. The summed E-state index contributed by atoms with van der Waals surface area (Å²) in [6.45, 7) is 0.188. The maximum atomic E-state index is 2.81. The molecule has 6 heavy (non-hydrogen) atoms. The lowest BCUT2D eigenvalue weighted by Crippen LogP contribution is -1.14. The molecule has 0 aromatic heterocycles. The molecular weight excluding hydrogens is 282 g/mol. The van der Waals surface area contributed by atoms with Crippen molar-refractivity contribution in [2.75, 3.05) is 0 Å². The predicted molar refractivity (Wildman–Crippen MR) is 57.0 cm³/mol. The lowest BCUT2D eigenvalue weighted by molar-refractivity contribution is 5.04. The van der Waals surface area contributed by atoms with Crippen molar-refractivity contribution in [2.45, 2.75) is 0 Å². The first-order valence-electron chi connectivity index (χ1n) is 1.14. The summed E-state index contributed by atoms with van der Waals surface area (Å²) in [7, 11) is 8.41. The first-order valence-corrected chi connectivity index (χ1v) is 12.2. The van der Waals surface area contributed by atoms with E-state index in [-0.39, 0.29) is 11.9 Å². The second-order valence-corrected chi connectivity index (χ2v) is 23.8. The summed E-state index contributed by atoms with van der Waals surface area (Å²) in [6.07, 6.45) is 0. The van der Waals surface area contributed by atoms with Crippen molar-refractivity contribution >= 4 is 60.8 Å². The van der Waals surface area contributed by atoms with Crippen LogP contribution in [0.1, 0.15) is 0 Å². The molecule has 0 aliphatic carbocycles. The molecule has 0 saturated heterocycles. The van der Waals surface area contributed by atoms with Gasteiger partial charge in [0.05, 0.1) is 0 Å². The van der Waals surface area contributed by atoms with E-state index in [1.54, 1.807) is 0 Å². The average molecular weight is 288 g/mol. The molecule has 0 spiro atoms. The van der Waals surface area contributed by atoms with Gasteiger partial charge in [-0.1, -0.05) is 8.93 Å². The van der Waals surface area contributed by atoms with Gasteiger partial charge in [-0.05, 0) is 29.0 Å². The lowest BCUT2D eigenvalue weighted by Gasteiger charge is -2.03. The second kappa shape index (κ2) is 4.73. The number of hydrogen-bond acceptors (Lipinski definition) is 0. The summed E-state index contributed by atoms with van der Waals surface area (Å²) < 4.78 is 0. The molecule has 6 heteroatoms. The van der Waals surface area contributed by atoms with Crippen LogP contribution in [0.25, 0.3) is 0 Å². The van der Waals surface area contributed by atoms with E-state index < -0.39 is 0 Å². The molecule has 0 aliphatic rings. The minimum absolute atomic E-state index is 0.188. The molecule has 0 aliphatic heterocycles. The van der Waals surface area contributed by atoms with E-state index >= 15 is 0 Å². The summed E-state index contributed by atoms with van der Waals surface area (Å²) in [5, 5.41) is 0. The fourth-order valence-electron chi connectivity index (χ4n) is 0. The maximum absolute atomic E-state index is 2.81. The molecule has 0 aromatic carbocycles. The van der Waals surface area contributed by atoms with Gasteiger partial charge in [0.1, 0.15) is 0 Å². The Hall–Kier alpha value is 2.88. The fourth-order valence-corrected chi connectivity index (χ4v) is 0. The molecule has 4 unspecified atom stereocenters.